The zero-order valence-electron chi connectivity index (χ0n) is 8.32. The van der Waals surface area contributed by atoms with E-state index in [1.807, 2.05) is 0 Å². The molecule has 1 fully saturated rings. The van der Waals surface area contributed by atoms with E-state index in [9.17, 15) is 13.2 Å². The number of hydrogen-bond acceptors (Lipinski definition) is 4. The minimum atomic E-state index is -2.94. The molecule has 0 aliphatic carbocycles. The van der Waals surface area contributed by atoms with E-state index in [1.54, 1.807) is 13.8 Å². The van der Waals surface area contributed by atoms with E-state index in [4.69, 9.17) is 4.74 Å². The SMILES string of the molecule is CC(C)OC(=O)NC1CCS(=O)(=O)C1. The van der Waals surface area contributed by atoms with Crippen LogP contribution < -0.4 is 5.32 Å². The predicted molar refractivity (Wildman–Crippen MR) is 51.8 cm³/mol. The van der Waals surface area contributed by atoms with Gasteiger partial charge in [-0.2, -0.15) is 0 Å². The first-order chi connectivity index (χ1) is 6.39. The van der Waals surface area contributed by atoms with Crippen LogP contribution in [-0.2, 0) is 14.6 Å². The van der Waals surface area contributed by atoms with Crippen molar-refractivity contribution in [2.75, 3.05) is 11.5 Å². The second kappa shape index (κ2) is 4.16. The zero-order chi connectivity index (χ0) is 10.8. The number of amides is 1. The van der Waals surface area contributed by atoms with Crippen LogP contribution in [0.1, 0.15) is 20.3 Å². The fourth-order valence-electron chi connectivity index (χ4n) is 1.32. The smallest absolute Gasteiger partial charge is 0.407 e. The maximum atomic E-state index is 11.1. The Labute approximate surface area is 83.7 Å². The molecule has 0 saturated carbocycles. The highest BCUT2D eigenvalue weighted by Crippen LogP contribution is 2.11. The first-order valence-electron chi connectivity index (χ1n) is 4.56. The quantitative estimate of drug-likeness (QED) is 0.728. The van der Waals surface area contributed by atoms with Crippen molar-refractivity contribution < 1.29 is 17.9 Å². The number of ether oxygens (including phenoxy) is 1. The normalized spacial score (nSPS) is 24.9. The van der Waals surface area contributed by atoms with Gasteiger partial charge >= 0.3 is 6.09 Å². The van der Waals surface area contributed by atoms with Crippen LogP contribution in [0, 0.1) is 0 Å². The lowest BCUT2D eigenvalue weighted by atomic mass is 10.3. The Bertz CT molecular complexity index is 309. The molecule has 1 unspecified atom stereocenters. The van der Waals surface area contributed by atoms with Gasteiger partial charge in [0.05, 0.1) is 17.6 Å². The molecule has 1 rings (SSSR count). The van der Waals surface area contributed by atoms with E-state index in [0.29, 0.717) is 6.42 Å². The zero-order valence-corrected chi connectivity index (χ0v) is 9.13. The third kappa shape index (κ3) is 3.53. The van der Waals surface area contributed by atoms with Crippen LogP contribution >= 0.6 is 0 Å². The number of carbonyl (C=O) groups excluding carboxylic acids is 1. The van der Waals surface area contributed by atoms with Crippen LogP contribution in [0.25, 0.3) is 0 Å². The number of nitrogens with one attached hydrogen (secondary N) is 1. The van der Waals surface area contributed by atoms with E-state index in [-0.39, 0.29) is 23.7 Å². The van der Waals surface area contributed by atoms with Gasteiger partial charge in [0.25, 0.3) is 0 Å². The van der Waals surface area contributed by atoms with Crippen molar-refractivity contribution in [3.63, 3.8) is 0 Å². The molecule has 1 aliphatic rings. The van der Waals surface area contributed by atoms with Gasteiger partial charge in [-0.25, -0.2) is 13.2 Å². The molecule has 0 aromatic rings. The molecule has 1 saturated heterocycles. The molecule has 6 heteroatoms. The number of carbonyl (C=O) groups is 1. The molecule has 1 aliphatic heterocycles. The largest absolute Gasteiger partial charge is 0.447 e. The summed E-state index contributed by atoms with van der Waals surface area (Å²) in [6, 6.07) is -0.286. The van der Waals surface area contributed by atoms with E-state index in [0.717, 1.165) is 0 Å². The Kier molecular flexibility index (Phi) is 3.36. The highest BCUT2D eigenvalue weighted by molar-refractivity contribution is 7.91. The highest BCUT2D eigenvalue weighted by Gasteiger charge is 2.29. The topological polar surface area (TPSA) is 72.5 Å². The summed E-state index contributed by atoms with van der Waals surface area (Å²) in [4.78, 5) is 11.1. The Morgan fingerprint density at radius 1 is 1.50 bits per heavy atom. The molecule has 0 aromatic heterocycles. The van der Waals surface area contributed by atoms with Gasteiger partial charge in [0.1, 0.15) is 0 Å². The lowest BCUT2D eigenvalue weighted by Gasteiger charge is -2.12. The number of hydrogen-bond donors (Lipinski definition) is 1. The minimum absolute atomic E-state index is 0.0280. The fourth-order valence-corrected chi connectivity index (χ4v) is 3.00. The Balaban J connectivity index is 2.36. The van der Waals surface area contributed by atoms with Crippen molar-refractivity contribution in [2.45, 2.75) is 32.4 Å². The third-order valence-electron chi connectivity index (χ3n) is 1.90. The molecule has 0 radical (unpaired) electrons. The molecule has 1 N–H and O–H groups in total. The van der Waals surface area contributed by atoms with Crippen molar-refractivity contribution in [2.24, 2.45) is 0 Å². The molecule has 0 bridgehead atoms. The summed E-state index contributed by atoms with van der Waals surface area (Å²) in [6.07, 6.45) is -0.245. The maximum absolute atomic E-state index is 11.1. The Hall–Kier alpha value is -0.780. The van der Waals surface area contributed by atoms with Crippen LogP contribution in [-0.4, -0.2) is 38.2 Å². The first-order valence-corrected chi connectivity index (χ1v) is 6.39. The number of sulfone groups is 1. The molecule has 14 heavy (non-hydrogen) atoms. The molecule has 1 atom stereocenters. The van der Waals surface area contributed by atoms with E-state index < -0.39 is 15.9 Å². The maximum Gasteiger partial charge on any atom is 0.407 e. The van der Waals surface area contributed by atoms with Gasteiger partial charge in [-0.15, -0.1) is 0 Å². The third-order valence-corrected chi connectivity index (χ3v) is 3.67. The lowest BCUT2D eigenvalue weighted by Crippen LogP contribution is -2.37. The standard InChI is InChI=1S/C8H15NO4S/c1-6(2)13-8(10)9-7-3-4-14(11,12)5-7/h6-7H,3-5H2,1-2H3,(H,9,10). The van der Waals surface area contributed by atoms with Crippen molar-refractivity contribution in [3.05, 3.63) is 0 Å². The van der Waals surface area contributed by atoms with Crippen LogP contribution in [0.2, 0.25) is 0 Å². The molecule has 5 nitrogen and oxygen atoms in total. The molecular weight excluding hydrogens is 206 g/mol. The fraction of sp³-hybridized carbons (Fsp3) is 0.875. The van der Waals surface area contributed by atoms with Gasteiger partial charge in [-0.05, 0) is 20.3 Å². The van der Waals surface area contributed by atoms with Crippen molar-refractivity contribution >= 4 is 15.9 Å². The van der Waals surface area contributed by atoms with Gasteiger partial charge in [-0.3, -0.25) is 0 Å². The van der Waals surface area contributed by atoms with Gasteiger partial charge in [-0.1, -0.05) is 0 Å². The van der Waals surface area contributed by atoms with E-state index in [2.05, 4.69) is 5.32 Å². The number of rotatable bonds is 2. The minimum Gasteiger partial charge on any atom is -0.447 e. The second-order valence-corrected chi connectivity index (χ2v) is 5.93. The Morgan fingerprint density at radius 2 is 2.14 bits per heavy atom. The lowest BCUT2D eigenvalue weighted by molar-refractivity contribution is 0.113. The van der Waals surface area contributed by atoms with Crippen molar-refractivity contribution in [1.82, 2.24) is 5.32 Å². The molecule has 82 valence electrons. The van der Waals surface area contributed by atoms with Gasteiger partial charge in [0.15, 0.2) is 9.84 Å². The summed E-state index contributed by atoms with van der Waals surface area (Å²) in [5.74, 6) is 0.180. The van der Waals surface area contributed by atoms with Crippen LogP contribution in [0.3, 0.4) is 0 Å². The van der Waals surface area contributed by atoms with Gasteiger partial charge in [0.2, 0.25) is 0 Å². The van der Waals surface area contributed by atoms with Gasteiger partial charge < -0.3 is 10.1 Å². The summed E-state index contributed by atoms with van der Waals surface area (Å²) in [6.45, 7) is 3.48. The summed E-state index contributed by atoms with van der Waals surface area (Å²) in [5.41, 5.74) is 0. The van der Waals surface area contributed by atoms with Crippen molar-refractivity contribution in [3.8, 4) is 0 Å². The Morgan fingerprint density at radius 3 is 2.57 bits per heavy atom. The number of alkyl carbamates (subject to hydrolysis) is 1. The molecule has 1 amide bonds. The van der Waals surface area contributed by atoms with Crippen LogP contribution in [0.4, 0.5) is 4.79 Å². The summed E-state index contributed by atoms with van der Waals surface area (Å²) < 4.78 is 26.9. The van der Waals surface area contributed by atoms with Crippen molar-refractivity contribution in [1.29, 1.82) is 0 Å². The van der Waals surface area contributed by atoms with Gasteiger partial charge in [0, 0.05) is 6.04 Å². The van der Waals surface area contributed by atoms with Crippen LogP contribution in [0.15, 0.2) is 0 Å². The summed E-state index contributed by atoms with van der Waals surface area (Å²) in [5, 5.41) is 2.53. The van der Waals surface area contributed by atoms with Crippen LogP contribution in [0.5, 0.6) is 0 Å². The second-order valence-electron chi connectivity index (χ2n) is 3.70. The molecule has 0 spiro atoms. The summed E-state index contributed by atoms with van der Waals surface area (Å²) in [7, 11) is -2.94. The monoisotopic (exact) mass is 221 g/mol. The summed E-state index contributed by atoms with van der Waals surface area (Å²) >= 11 is 0. The molecule has 1 heterocycles. The average molecular weight is 221 g/mol. The molecule has 0 aromatic carbocycles. The molecular formula is C8H15NO4S. The average Bonchev–Trinajstić information content (AvgIpc) is 2.27. The van der Waals surface area contributed by atoms with E-state index in [1.165, 1.54) is 0 Å². The first kappa shape index (κ1) is 11.3. The van der Waals surface area contributed by atoms with E-state index >= 15 is 0 Å². The predicted octanol–water partition coefficient (Wildman–Crippen LogP) is 0.308. The highest BCUT2D eigenvalue weighted by atomic mass is 32.2.